The van der Waals surface area contributed by atoms with Crippen molar-refractivity contribution in [3.8, 4) is 11.3 Å². The van der Waals surface area contributed by atoms with Gasteiger partial charge in [0.2, 0.25) is 0 Å². The molecule has 3 nitrogen and oxygen atoms in total. The SMILES string of the molecule is Cl.Cl.c1ccc(-c2c[nH]c(C3CCNCC3)n2)cc1. The van der Waals surface area contributed by atoms with E-state index in [2.05, 4.69) is 22.4 Å². The molecule has 1 aromatic heterocycles. The molecule has 1 aliphatic heterocycles. The summed E-state index contributed by atoms with van der Waals surface area (Å²) < 4.78 is 0. The predicted molar refractivity (Wildman–Crippen MR) is 83.4 cm³/mol. The molecule has 1 aromatic carbocycles. The lowest BCUT2D eigenvalue weighted by atomic mass is 9.98. The van der Waals surface area contributed by atoms with Crippen LogP contribution in [0.5, 0.6) is 0 Å². The number of aromatic amines is 1. The summed E-state index contributed by atoms with van der Waals surface area (Å²) in [5.41, 5.74) is 2.24. The summed E-state index contributed by atoms with van der Waals surface area (Å²) in [5, 5.41) is 3.38. The molecule has 19 heavy (non-hydrogen) atoms. The summed E-state index contributed by atoms with van der Waals surface area (Å²) in [5.74, 6) is 1.74. The van der Waals surface area contributed by atoms with Crippen LogP contribution in [0.25, 0.3) is 11.3 Å². The molecule has 0 amide bonds. The highest BCUT2D eigenvalue weighted by Crippen LogP contribution is 2.25. The van der Waals surface area contributed by atoms with Crippen molar-refractivity contribution < 1.29 is 0 Å². The monoisotopic (exact) mass is 299 g/mol. The highest BCUT2D eigenvalue weighted by atomic mass is 35.5. The topological polar surface area (TPSA) is 40.7 Å². The van der Waals surface area contributed by atoms with Crippen molar-refractivity contribution in [1.29, 1.82) is 0 Å². The van der Waals surface area contributed by atoms with E-state index in [-0.39, 0.29) is 24.8 Å². The number of nitrogens with zero attached hydrogens (tertiary/aromatic N) is 1. The van der Waals surface area contributed by atoms with Crippen LogP contribution in [0.4, 0.5) is 0 Å². The van der Waals surface area contributed by atoms with E-state index in [9.17, 15) is 0 Å². The first kappa shape index (κ1) is 16.0. The Morgan fingerprint density at radius 1 is 1.00 bits per heavy atom. The Labute approximate surface area is 126 Å². The predicted octanol–water partition coefficient (Wildman–Crippen LogP) is 3.39. The Hall–Kier alpha value is -1.03. The van der Waals surface area contributed by atoms with Gasteiger partial charge >= 0.3 is 0 Å². The lowest BCUT2D eigenvalue weighted by Crippen LogP contribution is -2.27. The van der Waals surface area contributed by atoms with Crippen LogP contribution in [0, 0.1) is 0 Å². The van der Waals surface area contributed by atoms with E-state index < -0.39 is 0 Å². The first-order valence-electron chi connectivity index (χ1n) is 6.25. The molecule has 0 spiro atoms. The van der Waals surface area contributed by atoms with Gasteiger partial charge in [-0.25, -0.2) is 4.98 Å². The molecule has 0 bridgehead atoms. The van der Waals surface area contributed by atoms with Crippen molar-refractivity contribution in [1.82, 2.24) is 15.3 Å². The van der Waals surface area contributed by atoms with Crippen molar-refractivity contribution in [2.24, 2.45) is 0 Å². The number of hydrogen-bond acceptors (Lipinski definition) is 2. The van der Waals surface area contributed by atoms with E-state index in [0.717, 1.165) is 24.6 Å². The summed E-state index contributed by atoms with van der Waals surface area (Å²) in [6.45, 7) is 2.21. The smallest absolute Gasteiger partial charge is 0.110 e. The van der Waals surface area contributed by atoms with Gasteiger partial charge in [0.15, 0.2) is 0 Å². The van der Waals surface area contributed by atoms with Gasteiger partial charge in [-0.2, -0.15) is 0 Å². The molecule has 0 aliphatic carbocycles. The molecular weight excluding hydrogens is 281 g/mol. The van der Waals surface area contributed by atoms with Crippen molar-refractivity contribution in [2.75, 3.05) is 13.1 Å². The summed E-state index contributed by atoms with van der Waals surface area (Å²) in [6, 6.07) is 10.3. The largest absolute Gasteiger partial charge is 0.348 e. The molecule has 0 saturated carbocycles. The average Bonchev–Trinajstić information content (AvgIpc) is 2.90. The van der Waals surface area contributed by atoms with E-state index >= 15 is 0 Å². The van der Waals surface area contributed by atoms with Crippen LogP contribution in [0.2, 0.25) is 0 Å². The van der Waals surface area contributed by atoms with Gasteiger partial charge in [0.05, 0.1) is 5.69 Å². The van der Waals surface area contributed by atoms with Crippen LogP contribution < -0.4 is 5.32 Å². The average molecular weight is 300 g/mol. The fourth-order valence-corrected chi connectivity index (χ4v) is 2.40. The highest BCUT2D eigenvalue weighted by Gasteiger charge is 2.18. The molecule has 0 atom stereocenters. The first-order chi connectivity index (χ1) is 8.43. The van der Waals surface area contributed by atoms with Crippen molar-refractivity contribution in [2.45, 2.75) is 18.8 Å². The Morgan fingerprint density at radius 3 is 2.37 bits per heavy atom. The number of nitrogens with one attached hydrogen (secondary N) is 2. The van der Waals surface area contributed by atoms with Crippen LogP contribution in [0.1, 0.15) is 24.6 Å². The minimum atomic E-state index is 0. The van der Waals surface area contributed by atoms with E-state index in [0.29, 0.717) is 5.92 Å². The van der Waals surface area contributed by atoms with Gasteiger partial charge < -0.3 is 10.3 Å². The summed E-state index contributed by atoms with van der Waals surface area (Å²) in [6.07, 6.45) is 4.39. The third kappa shape index (κ3) is 3.72. The van der Waals surface area contributed by atoms with E-state index in [4.69, 9.17) is 4.98 Å². The molecule has 2 heterocycles. The molecule has 0 radical (unpaired) electrons. The van der Waals surface area contributed by atoms with Gasteiger partial charge in [-0.1, -0.05) is 30.3 Å². The Morgan fingerprint density at radius 2 is 1.68 bits per heavy atom. The zero-order valence-corrected chi connectivity index (χ0v) is 12.3. The number of benzene rings is 1. The van der Waals surface area contributed by atoms with E-state index in [1.165, 1.54) is 18.4 Å². The van der Waals surface area contributed by atoms with Gasteiger partial charge in [0, 0.05) is 17.7 Å². The summed E-state index contributed by atoms with van der Waals surface area (Å²) >= 11 is 0. The number of hydrogen-bond donors (Lipinski definition) is 2. The zero-order valence-electron chi connectivity index (χ0n) is 10.6. The number of halogens is 2. The van der Waals surface area contributed by atoms with Crippen molar-refractivity contribution >= 4 is 24.8 Å². The van der Waals surface area contributed by atoms with E-state index in [1.54, 1.807) is 0 Å². The number of H-pyrrole nitrogens is 1. The maximum atomic E-state index is 4.72. The maximum absolute atomic E-state index is 4.72. The van der Waals surface area contributed by atoms with Gasteiger partial charge in [0.25, 0.3) is 0 Å². The van der Waals surface area contributed by atoms with Crippen LogP contribution in [0.15, 0.2) is 36.5 Å². The zero-order chi connectivity index (χ0) is 11.5. The summed E-state index contributed by atoms with van der Waals surface area (Å²) in [4.78, 5) is 8.06. The minimum absolute atomic E-state index is 0. The molecule has 1 aliphatic rings. The molecule has 1 fully saturated rings. The Balaban J connectivity index is 0.000000902. The molecule has 0 unspecified atom stereocenters. The van der Waals surface area contributed by atoms with Crippen molar-refractivity contribution in [3.05, 3.63) is 42.4 Å². The maximum Gasteiger partial charge on any atom is 0.110 e. The summed E-state index contributed by atoms with van der Waals surface area (Å²) in [7, 11) is 0. The molecule has 3 rings (SSSR count). The second kappa shape index (κ2) is 7.53. The lowest BCUT2D eigenvalue weighted by molar-refractivity contribution is 0.447. The Kier molecular flexibility index (Phi) is 6.35. The third-order valence-corrected chi connectivity index (χ3v) is 3.39. The number of imidazole rings is 1. The van der Waals surface area contributed by atoms with Gasteiger partial charge in [-0.3, -0.25) is 0 Å². The molecule has 104 valence electrons. The molecule has 2 N–H and O–H groups in total. The van der Waals surface area contributed by atoms with Gasteiger partial charge in [-0.15, -0.1) is 24.8 Å². The molecule has 1 saturated heterocycles. The molecule has 5 heteroatoms. The Bertz CT molecular complexity index is 478. The number of aromatic nitrogens is 2. The fraction of sp³-hybridized carbons (Fsp3) is 0.357. The lowest BCUT2D eigenvalue weighted by Gasteiger charge is -2.20. The van der Waals surface area contributed by atoms with Crippen LogP contribution in [-0.4, -0.2) is 23.1 Å². The number of rotatable bonds is 2. The van der Waals surface area contributed by atoms with Gasteiger partial charge in [-0.05, 0) is 25.9 Å². The third-order valence-electron chi connectivity index (χ3n) is 3.39. The van der Waals surface area contributed by atoms with Gasteiger partial charge in [0.1, 0.15) is 5.82 Å². The van der Waals surface area contributed by atoms with Crippen LogP contribution in [0.3, 0.4) is 0 Å². The van der Waals surface area contributed by atoms with Crippen LogP contribution in [-0.2, 0) is 0 Å². The molecular formula is C14H19Cl2N3. The normalized spacial score (nSPS) is 15.4. The second-order valence-corrected chi connectivity index (χ2v) is 4.56. The quantitative estimate of drug-likeness (QED) is 0.892. The van der Waals surface area contributed by atoms with Crippen LogP contribution >= 0.6 is 24.8 Å². The fourth-order valence-electron chi connectivity index (χ4n) is 2.40. The van der Waals surface area contributed by atoms with Crippen molar-refractivity contribution in [3.63, 3.8) is 0 Å². The first-order valence-corrected chi connectivity index (χ1v) is 6.25. The van der Waals surface area contributed by atoms with E-state index in [1.807, 2.05) is 24.4 Å². The highest BCUT2D eigenvalue weighted by molar-refractivity contribution is 5.85. The molecule has 2 aromatic rings. The minimum Gasteiger partial charge on any atom is -0.348 e. The second-order valence-electron chi connectivity index (χ2n) is 4.56. The number of piperidine rings is 1. The standard InChI is InChI=1S/C14H17N3.2ClH/c1-2-4-11(5-3-1)13-10-16-14(17-13)12-6-8-15-9-7-12;;/h1-5,10,12,15H,6-9H2,(H,16,17);2*1H.